The second-order valence-electron chi connectivity index (χ2n) is 5.44. The molecule has 0 aliphatic carbocycles. The van der Waals surface area contributed by atoms with Crippen LogP contribution in [-0.2, 0) is 4.84 Å². The van der Waals surface area contributed by atoms with Crippen LogP contribution in [0.2, 0.25) is 0 Å². The minimum absolute atomic E-state index is 0.373. The lowest BCUT2D eigenvalue weighted by atomic mass is 10.0. The lowest BCUT2D eigenvalue weighted by molar-refractivity contribution is -0.774. The Kier molecular flexibility index (Phi) is 12.7. The van der Waals surface area contributed by atoms with Crippen molar-refractivity contribution in [3.8, 4) is 0 Å². The zero-order chi connectivity index (χ0) is 15.9. The molecule has 0 aliphatic heterocycles. The van der Waals surface area contributed by atoms with E-state index in [0.29, 0.717) is 6.42 Å². The third-order valence-corrected chi connectivity index (χ3v) is 3.47. The highest BCUT2D eigenvalue weighted by molar-refractivity contribution is 4.56. The van der Waals surface area contributed by atoms with Gasteiger partial charge in [0.15, 0.2) is 6.10 Å². The fraction of sp³-hybridized carbons (Fsp3) is 1.00. The first kappa shape index (κ1) is 19.6. The summed E-state index contributed by atoms with van der Waals surface area (Å²) < 4.78 is 0. The molecular weight excluding hydrogens is 276 g/mol. The third kappa shape index (κ3) is 14.8. The summed E-state index contributed by atoms with van der Waals surface area (Å²) in [6.45, 7) is 1.70. The van der Waals surface area contributed by atoms with Crippen LogP contribution >= 0.6 is 0 Å². The summed E-state index contributed by atoms with van der Waals surface area (Å²) in [5, 5.41) is 19.7. The monoisotopic (exact) mass is 304 g/mol. The third-order valence-electron chi connectivity index (χ3n) is 3.47. The van der Waals surface area contributed by atoms with Gasteiger partial charge < -0.3 is 4.84 Å². The van der Waals surface area contributed by atoms with Crippen molar-refractivity contribution in [3.05, 3.63) is 20.2 Å². The second-order valence-corrected chi connectivity index (χ2v) is 5.44. The summed E-state index contributed by atoms with van der Waals surface area (Å²) in [6.07, 6.45) is 11.1. The van der Waals surface area contributed by atoms with Gasteiger partial charge in [0, 0.05) is 4.92 Å². The Morgan fingerprint density at radius 1 is 0.857 bits per heavy atom. The topological polar surface area (TPSA) is 95.5 Å². The molecule has 0 bridgehead atoms. The molecule has 0 aromatic heterocycles. The molecule has 0 spiro atoms. The van der Waals surface area contributed by atoms with E-state index >= 15 is 0 Å². The zero-order valence-corrected chi connectivity index (χ0v) is 13.0. The van der Waals surface area contributed by atoms with Gasteiger partial charge in [0.05, 0.1) is 0 Å². The average molecular weight is 304 g/mol. The Balaban J connectivity index is 3.48. The van der Waals surface area contributed by atoms with E-state index in [9.17, 15) is 20.2 Å². The lowest BCUT2D eigenvalue weighted by Crippen LogP contribution is -2.25. The summed E-state index contributed by atoms with van der Waals surface area (Å²) in [4.78, 5) is 24.4. The van der Waals surface area contributed by atoms with E-state index in [2.05, 4.69) is 11.8 Å². The minimum atomic E-state index is -0.940. The van der Waals surface area contributed by atoms with Gasteiger partial charge in [-0.25, -0.2) is 0 Å². The molecule has 1 unspecified atom stereocenters. The number of unbranched alkanes of at least 4 members (excludes halogenated alkanes) is 9. The predicted molar refractivity (Wildman–Crippen MR) is 80.2 cm³/mol. The van der Waals surface area contributed by atoms with E-state index in [1.807, 2.05) is 0 Å². The molecule has 0 saturated heterocycles. The van der Waals surface area contributed by atoms with Crippen molar-refractivity contribution in [3.63, 3.8) is 0 Å². The van der Waals surface area contributed by atoms with Gasteiger partial charge in [-0.05, 0) is 6.42 Å². The van der Waals surface area contributed by atoms with Gasteiger partial charge in [-0.1, -0.05) is 71.1 Å². The van der Waals surface area contributed by atoms with Gasteiger partial charge in [0.1, 0.15) is 0 Å². The largest absolute Gasteiger partial charge is 0.304 e. The van der Waals surface area contributed by atoms with Crippen molar-refractivity contribution in [2.75, 3.05) is 6.54 Å². The molecule has 7 nitrogen and oxygen atoms in total. The molecule has 0 heterocycles. The molecule has 0 rings (SSSR count). The molecule has 7 heteroatoms. The van der Waals surface area contributed by atoms with E-state index < -0.39 is 22.7 Å². The lowest BCUT2D eigenvalue weighted by Gasteiger charge is -2.10. The quantitative estimate of drug-likeness (QED) is 0.257. The predicted octanol–water partition coefficient (Wildman–Crippen LogP) is 4.15. The maximum atomic E-state index is 10.4. The Hall–Kier alpha value is -1.40. The van der Waals surface area contributed by atoms with E-state index in [0.717, 1.165) is 19.3 Å². The van der Waals surface area contributed by atoms with Crippen molar-refractivity contribution in [2.24, 2.45) is 0 Å². The smallest absolute Gasteiger partial charge is 0.295 e. The fourth-order valence-corrected chi connectivity index (χ4v) is 2.32. The molecule has 0 N–H and O–H groups in total. The van der Waals surface area contributed by atoms with Crippen LogP contribution in [0.1, 0.15) is 77.6 Å². The molecule has 124 valence electrons. The van der Waals surface area contributed by atoms with Crippen LogP contribution in [0.15, 0.2) is 0 Å². The molecule has 0 aromatic rings. The van der Waals surface area contributed by atoms with Crippen molar-refractivity contribution in [1.29, 1.82) is 0 Å². The van der Waals surface area contributed by atoms with Gasteiger partial charge in [-0.3, -0.25) is 10.1 Å². The molecule has 0 fully saturated rings. The first-order chi connectivity index (χ1) is 10.1. The minimum Gasteiger partial charge on any atom is -0.304 e. The van der Waals surface area contributed by atoms with Crippen molar-refractivity contribution in [2.45, 2.75) is 83.7 Å². The van der Waals surface area contributed by atoms with Crippen LogP contribution in [0, 0.1) is 20.2 Å². The summed E-state index contributed by atoms with van der Waals surface area (Å²) in [5.41, 5.74) is 0. The van der Waals surface area contributed by atoms with Crippen LogP contribution in [0.5, 0.6) is 0 Å². The number of hydrogen-bond acceptors (Lipinski definition) is 5. The molecule has 0 amide bonds. The number of nitrogens with zero attached hydrogens (tertiary/aromatic N) is 2. The summed E-state index contributed by atoms with van der Waals surface area (Å²) in [5.74, 6) is 0. The van der Waals surface area contributed by atoms with Crippen molar-refractivity contribution >= 4 is 0 Å². The van der Waals surface area contributed by atoms with Crippen LogP contribution in [0.3, 0.4) is 0 Å². The average Bonchev–Trinajstić information content (AvgIpc) is 2.39. The van der Waals surface area contributed by atoms with Crippen molar-refractivity contribution < 1.29 is 14.8 Å². The summed E-state index contributed by atoms with van der Waals surface area (Å²) >= 11 is 0. The van der Waals surface area contributed by atoms with E-state index in [-0.39, 0.29) is 0 Å². The summed E-state index contributed by atoms with van der Waals surface area (Å²) in [7, 11) is 0. The second kappa shape index (κ2) is 13.6. The van der Waals surface area contributed by atoms with Crippen LogP contribution in [0.25, 0.3) is 0 Å². The Morgan fingerprint density at radius 3 is 1.76 bits per heavy atom. The summed E-state index contributed by atoms with van der Waals surface area (Å²) in [6, 6.07) is 0. The fourth-order valence-electron chi connectivity index (χ4n) is 2.32. The van der Waals surface area contributed by atoms with Crippen LogP contribution < -0.4 is 0 Å². The first-order valence-corrected chi connectivity index (χ1v) is 7.99. The highest BCUT2D eigenvalue weighted by Gasteiger charge is 2.18. The normalized spacial score (nSPS) is 12.0. The highest BCUT2D eigenvalue weighted by atomic mass is 17.0. The maximum absolute atomic E-state index is 10.4. The molecule has 0 radical (unpaired) electrons. The highest BCUT2D eigenvalue weighted by Crippen LogP contribution is 2.13. The standard InChI is InChI=1S/C14H28N2O5/c1-2-3-4-5-6-7-8-9-10-11-12-14(13-15(17)18)21-16(19)20/h14H,2-13H2,1H3. The Morgan fingerprint density at radius 2 is 1.33 bits per heavy atom. The van der Waals surface area contributed by atoms with Crippen LogP contribution in [-0.4, -0.2) is 22.7 Å². The number of nitro groups is 1. The number of rotatable bonds is 15. The van der Waals surface area contributed by atoms with Gasteiger partial charge in [0.25, 0.3) is 5.09 Å². The SMILES string of the molecule is CCCCCCCCCCCCC(C[N+](=O)[O-])O[N+](=O)[O-]. The van der Waals surface area contributed by atoms with Gasteiger partial charge >= 0.3 is 0 Å². The first-order valence-electron chi connectivity index (χ1n) is 7.99. The molecule has 0 aliphatic rings. The van der Waals surface area contributed by atoms with Gasteiger partial charge in [0.2, 0.25) is 6.54 Å². The molecular formula is C14H28N2O5. The van der Waals surface area contributed by atoms with E-state index in [1.165, 1.54) is 44.9 Å². The molecule has 1 atom stereocenters. The van der Waals surface area contributed by atoms with Gasteiger partial charge in [-0.15, -0.1) is 10.1 Å². The van der Waals surface area contributed by atoms with Gasteiger partial charge in [-0.2, -0.15) is 0 Å². The molecule has 0 saturated carbocycles. The maximum Gasteiger partial charge on any atom is 0.295 e. The van der Waals surface area contributed by atoms with E-state index in [4.69, 9.17) is 0 Å². The Bertz CT molecular complexity index is 271. The molecule has 21 heavy (non-hydrogen) atoms. The van der Waals surface area contributed by atoms with E-state index in [1.54, 1.807) is 0 Å². The van der Waals surface area contributed by atoms with Crippen LogP contribution in [0.4, 0.5) is 0 Å². The molecule has 0 aromatic carbocycles. The zero-order valence-electron chi connectivity index (χ0n) is 13.0. The van der Waals surface area contributed by atoms with Crippen molar-refractivity contribution in [1.82, 2.24) is 0 Å². The Labute approximate surface area is 126 Å². The number of hydrogen-bond donors (Lipinski definition) is 0.